The summed E-state index contributed by atoms with van der Waals surface area (Å²) < 4.78 is 0. The molecular weight excluding hydrogens is 318 g/mol. The first-order valence-electron chi connectivity index (χ1n) is 11.5. The molecule has 0 aromatic heterocycles. The van der Waals surface area contributed by atoms with E-state index in [0.717, 1.165) is 32.4 Å². The Bertz CT molecular complexity index is 380. The fraction of sp³-hybridized carbons (Fsp3) is 0.792. The molecule has 0 aromatic carbocycles. The molecule has 0 saturated carbocycles. The number of rotatable bonds is 16. The first kappa shape index (κ1) is 23.0. The van der Waals surface area contributed by atoms with E-state index in [1.807, 2.05) is 17.1 Å². The van der Waals surface area contributed by atoms with E-state index < -0.39 is 0 Å². The molecule has 2 heteroatoms. The van der Waals surface area contributed by atoms with Gasteiger partial charge in [0.1, 0.15) is 0 Å². The molecule has 26 heavy (non-hydrogen) atoms. The van der Waals surface area contributed by atoms with Crippen LogP contribution in [0.25, 0.3) is 0 Å². The van der Waals surface area contributed by atoms with Gasteiger partial charge in [-0.15, -0.1) is 0 Å². The van der Waals surface area contributed by atoms with Crippen molar-refractivity contribution >= 4 is 5.91 Å². The lowest BCUT2D eigenvalue weighted by Crippen LogP contribution is -2.25. The third-order valence-corrected chi connectivity index (χ3v) is 5.38. The van der Waals surface area contributed by atoms with Crippen molar-refractivity contribution in [3.8, 4) is 0 Å². The van der Waals surface area contributed by atoms with Gasteiger partial charge in [-0.3, -0.25) is 4.79 Å². The second-order valence-corrected chi connectivity index (χ2v) is 7.85. The fourth-order valence-electron chi connectivity index (χ4n) is 3.64. The Labute approximate surface area is 163 Å². The van der Waals surface area contributed by atoms with Gasteiger partial charge in [0, 0.05) is 19.2 Å². The van der Waals surface area contributed by atoms with Crippen molar-refractivity contribution in [1.29, 1.82) is 0 Å². The average Bonchev–Trinajstić information content (AvgIpc) is 3.19. The largest absolute Gasteiger partial charge is 0.339 e. The van der Waals surface area contributed by atoms with Crippen LogP contribution in [-0.4, -0.2) is 23.9 Å². The SMILES string of the molecule is CCCCCCCCCCCCCCCC=CC=CC(=O)N1CCCC1. The van der Waals surface area contributed by atoms with E-state index in [1.54, 1.807) is 6.08 Å². The number of nitrogens with zero attached hydrogens (tertiary/aromatic N) is 1. The van der Waals surface area contributed by atoms with E-state index in [0.29, 0.717) is 0 Å². The third kappa shape index (κ3) is 13.2. The zero-order valence-corrected chi connectivity index (χ0v) is 17.4. The summed E-state index contributed by atoms with van der Waals surface area (Å²) in [5.41, 5.74) is 0. The van der Waals surface area contributed by atoms with Gasteiger partial charge in [-0.1, -0.05) is 102 Å². The first-order valence-corrected chi connectivity index (χ1v) is 11.5. The molecule has 1 rings (SSSR count). The van der Waals surface area contributed by atoms with Gasteiger partial charge in [0.25, 0.3) is 0 Å². The molecule has 1 heterocycles. The molecule has 0 atom stereocenters. The Balaban J connectivity index is 1.79. The van der Waals surface area contributed by atoms with Gasteiger partial charge in [0.2, 0.25) is 5.91 Å². The average molecular weight is 362 g/mol. The van der Waals surface area contributed by atoms with Crippen LogP contribution in [0.4, 0.5) is 0 Å². The Kier molecular flexibility index (Phi) is 15.4. The second kappa shape index (κ2) is 17.4. The van der Waals surface area contributed by atoms with Crippen LogP contribution in [0.5, 0.6) is 0 Å². The molecule has 0 spiro atoms. The highest BCUT2D eigenvalue weighted by Crippen LogP contribution is 2.13. The molecule has 0 aromatic rings. The van der Waals surface area contributed by atoms with Crippen molar-refractivity contribution in [1.82, 2.24) is 4.90 Å². The smallest absolute Gasteiger partial charge is 0.246 e. The minimum atomic E-state index is 0.174. The van der Waals surface area contributed by atoms with Crippen molar-refractivity contribution in [2.75, 3.05) is 13.1 Å². The number of carbonyl (C=O) groups is 1. The lowest BCUT2D eigenvalue weighted by Gasteiger charge is -2.11. The summed E-state index contributed by atoms with van der Waals surface area (Å²) >= 11 is 0. The highest BCUT2D eigenvalue weighted by molar-refractivity contribution is 5.88. The van der Waals surface area contributed by atoms with Crippen molar-refractivity contribution in [3.63, 3.8) is 0 Å². The molecule has 1 fully saturated rings. The number of allylic oxidation sites excluding steroid dienone is 3. The summed E-state index contributed by atoms with van der Waals surface area (Å²) in [6.45, 7) is 4.16. The van der Waals surface area contributed by atoms with Gasteiger partial charge in [0.05, 0.1) is 0 Å². The van der Waals surface area contributed by atoms with Crippen LogP contribution >= 0.6 is 0 Å². The van der Waals surface area contributed by atoms with E-state index in [1.165, 1.54) is 83.5 Å². The van der Waals surface area contributed by atoms with Gasteiger partial charge >= 0.3 is 0 Å². The molecule has 150 valence electrons. The number of likely N-dealkylation sites (tertiary alicyclic amines) is 1. The topological polar surface area (TPSA) is 20.3 Å². The zero-order valence-electron chi connectivity index (χ0n) is 17.4. The van der Waals surface area contributed by atoms with Crippen molar-refractivity contribution in [2.24, 2.45) is 0 Å². The third-order valence-electron chi connectivity index (χ3n) is 5.38. The Morgan fingerprint density at radius 3 is 1.77 bits per heavy atom. The van der Waals surface area contributed by atoms with Crippen LogP contribution in [0.1, 0.15) is 110 Å². The summed E-state index contributed by atoms with van der Waals surface area (Å²) in [6, 6.07) is 0. The summed E-state index contributed by atoms with van der Waals surface area (Å²) in [6.07, 6.45) is 29.6. The summed E-state index contributed by atoms with van der Waals surface area (Å²) in [5.74, 6) is 0.174. The molecule has 0 unspecified atom stereocenters. The minimum Gasteiger partial charge on any atom is -0.339 e. The van der Waals surface area contributed by atoms with Gasteiger partial charge in [0.15, 0.2) is 0 Å². The van der Waals surface area contributed by atoms with Crippen LogP contribution in [0.2, 0.25) is 0 Å². The van der Waals surface area contributed by atoms with Crippen LogP contribution in [0, 0.1) is 0 Å². The lowest BCUT2D eigenvalue weighted by molar-refractivity contribution is -0.124. The van der Waals surface area contributed by atoms with Gasteiger partial charge in [-0.25, -0.2) is 0 Å². The van der Waals surface area contributed by atoms with Crippen LogP contribution < -0.4 is 0 Å². The summed E-state index contributed by atoms with van der Waals surface area (Å²) in [4.78, 5) is 13.8. The highest BCUT2D eigenvalue weighted by atomic mass is 16.2. The molecule has 0 radical (unpaired) electrons. The van der Waals surface area contributed by atoms with Gasteiger partial charge in [-0.2, -0.15) is 0 Å². The zero-order chi connectivity index (χ0) is 18.7. The predicted octanol–water partition coefficient (Wildman–Crippen LogP) is 7.20. The quantitative estimate of drug-likeness (QED) is 0.162. The maximum absolute atomic E-state index is 11.8. The molecule has 0 aliphatic carbocycles. The molecule has 1 amide bonds. The highest BCUT2D eigenvalue weighted by Gasteiger charge is 2.14. The maximum Gasteiger partial charge on any atom is 0.246 e. The van der Waals surface area contributed by atoms with E-state index in [9.17, 15) is 4.79 Å². The number of amides is 1. The second-order valence-electron chi connectivity index (χ2n) is 7.85. The van der Waals surface area contributed by atoms with Crippen molar-refractivity contribution in [2.45, 2.75) is 110 Å². The molecule has 0 bridgehead atoms. The van der Waals surface area contributed by atoms with E-state index in [2.05, 4.69) is 13.0 Å². The maximum atomic E-state index is 11.8. The minimum absolute atomic E-state index is 0.174. The van der Waals surface area contributed by atoms with Crippen molar-refractivity contribution in [3.05, 3.63) is 24.3 Å². The number of carbonyl (C=O) groups excluding carboxylic acids is 1. The number of hydrogen-bond acceptors (Lipinski definition) is 1. The van der Waals surface area contributed by atoms with Crippen LogP contribution in [0.15, 0.2) is 24.3 Å². The summed E-state index contributed by atoms with van der Waals surface area (Å²) in [5, 5.41) is 0. The van der Waals surface area contributed by atoms with Gasteiger partial charge < -0.3 is 4.90 Å². The predicted molar refractivity (Wildman–Crippen MR) is 114 cm³/mol. The number of unbranched alkanes of at least 4 members (excludes halogenated alkanes) is 13. The molecule has 0 N–H and O–H groups in total. The molecular formula is C24H43NO. The molecule has 2 nitrogen and oxygen atoms in total. The van der Waals surface area contributed by atoms with Crippen LogP contribution in [-0.2, 0) is 4.79 Å². The lowest BCUT2D eigenvalue weighted by atomic mass is 10.0. The standard InChI is InChI=1S/C24H43NO/c1-2-3-4-5-6-7-8-9-10-11-12-13-14-15-16-17-18-21-24(26)25-22-19-20-23-25/h16-18,21H,2-15,19-20,22-23H2,1H3. The van der Waals surface area contributed by atoms with Crippen LogP contribution in [0.3, 0.4) is 0 Å². The Morgan fingerprint density at radius 1 is 0.731 bits per heavy atom. The monoisotopic (exact) mass is 361 g/mol. The van der Waals surface area contributed by atoms with E-state index in [-0.39, 0.29) is 5.91 Å². The van der Waals surface area contributed by atoms with Gasteiger partial charge in [-0.05, 0) is 25.7 Å². The molecule has 1 aliphatic rings. The first-order chi connectivity index (χ1) is 12.8. The van der Waals surface area contributed by atoms with E-state index in [4.69, 9.17) is 0 Å². The Morgan fingerprint density at radius 2 is 1.23 bits per heavy atom. The Hall–Kier alpha value is -1.05. The number of hydrogen-bond donors (Lipinski definition) is 0. The normalized spacial score (nSPS) is 14.9. The van der Waals surface area contributed by atoms with E-state index >= 15 is 0 Å². The van der Waals surface area contributed by atoms with Crippen molar-refractivity contribution < 1.29 is 4.79 Å². The fourth-order valence-corrected chi connectivity index (χ4v) is 3.64. The molecule has 1 saturated heterocycles. The summed E-state index contributed by atoms with van der Waals surface area (Å²) in [7, 11) is 0. The molecule has 1 aliphatic heterocycles.